The van der Waals surface area contributed by atoms with E-state index >= 15 is 0 Å². The summed E-state index contributed by atoms with van der Waals surface area (Å²) < 4.78 is 25.2. The fourth-order valence-electron chi connectivity index (χ4n) is 2.17. The van der Waals surface area contributed by atoms with Crippen molar-refractivity contribution in [2.45, 2.75) is 0 Å². The molecule has 1 saturated heterocycles. The van der Waals surface area contributed by atoms with Gasteiger partial charge in [0, 0.05) is 32.1 Å². The zero-order valence-electron chi connectivity index (χ0n) is 10.5. The number of anilines is 1. The number of sulfonamides is 1. The van der Waals surface area contributed by atoms with Crippen molar-refractivity contribution >= 4 is 27.3 Å². The number of phenols is 1. The number of aromatic hydroxyl groups is 1. The van der Waals surface area contributed by atoms with Crippen LogP contribution in [0.25, 0.3) is 0 Å². The highest BCUT2D eigenvalue weighted by atomic mass is 35.5. The van der Waals surface area contributed by atoms with Crippen molar-refractivity contribution in [1.29, 1.82) is 0 Å². The van der Waals surface area contributed by atoms with Crippen LogP contribution in [0, 0.1) is 0 Å². The molecular formula is C12H17ClN2O3S. The third-order valence-corrected chi connectivity index (χ3v) is 5.47. The fourth-order valence-corrected chi connectivity index (χ4v) is 3.92. The van der Waals surface area contributed by atoms with Gasteiger partial charge in [-0.1, -0.05) is 12.1 Å². The van der Waals surface area contributed by atoms with Crippen LogP contribution in [0.15, 0.2) is 24.3 Å². The van der Waals surface area contributed by atoms with E-state index in [-0.39, 0.29) is 17.4 Å². The van der Waals surface area contributed by atoms with Crippen LogP contribution in [-0.4, -0.2) is 55.6 Å². The summed E-state index contributed by atoms with van der Waals surface area (Å²) in [6.45, 7) is 1.99. The van der Waals surface area contributed by atoms with Crippen molar-refractivity contribution in [1.82, 2.24) is 4.31 Å². The Morgan fingerprint density at radius 1 is 1.16 bits per heavy atom. The number of halogens is 1. The topological polar surface area (TPSA) is 60.9 Å². The van der Waals surface area contributed by atoms with Crippen molar-refractivity contribution in [3.8, 4) is 5.75 Å². The minimum atomic E-state index is -3.24. The van der Waals surface area contributed by atoms with Gasteiger partial charge in [0.1, 0.15) is 5.75 Å². The molecule has 7 heteroatoms. The molecule has 1 aromatic carbocycles. The lowest BCUT2D eigenvalue weighted by Gasteiger charge is -2.35. The SMILES string of the molecule is O=S(=O)(CCCl)N1CCN(c2ccccc2O)CC1. The summed E-state index contributed by atoms with van der Waals surface area (Å²) in [6, 6.07) is 7.08. The van der Waals surface area contributed by atoms with E-state index < -0.39 is 10.0 Å². The average molecular weight is 305 g/mol. The van der Waals surface area contributed by atoms with Crippen molar-refractivity contribution in [2.75, 3.05) is 42.7 Å². The quantitative estimate of drug-likeness (QED) is 0.846. The Morgan fingerprint density at radius 2 is 1.79 bits per heavy atom. The van der Waals surface area contributed by atoms with Crippen LogP contribution in [0.5, 0.6) is 5.75 Å². The molecule has 1 N–H and O–H groups in total. The molecule has 0 saturated carbocycles. The first-order chi connectivity index (χ1) is 9.04. The molecule has 1 fully saturated rings. The van der Waals surface area contributed by atoms with Crippen LogP contribution in [0.1, 0.15) is 0 Å². The molecule has 2 rings (SSSR count). The van der Waals surface area contributed by atoms with Crippen molar-refractivity contribution in [2.24, 2.45) is 0 Å². The highest BCUT2D eigenvalue weighted by Crippen LogP contribution is 2.27. The maximum Gasteiger partial charge on any atom is 0.215 e. The number of hydrogen-bond donors (Lipinski definition) is 1. The molecule has 0 atom stereocenters. The van der Waals surface area contributed by atoms with Crippen molar-refractivity contribution in [3.05, 3.63) is 24.3 Å². The lowest BCUT2D eigenvalue weighted by molar-refractivity contribution is 0.383. The first kappa shape index (κ1) is 14.4. The molecule has 19 heavy (non-hydrogen) atoms. The summed E-state index contributed by atoms with van der Waals surface area (Å²) in [4.78, 5) is 1.99. The Balaban J connectivity index is 2.02. The molecule has 0 aliphatic carbocycles. The van der Waals surface area contributed by atoms with Gasteiger partial charge in [0.05, 0.1) is 11.4 Å². The van der Waals surface area contributed by atoms with Crippen LogP contribution in [0.4, 0.5) is 5.69 Å². The monoisotopic (exact) mass is 304 g/mol. The zero-order chi connectivity index (χ0) is 13.9. The zero-order valence-corrected chi connectivity index (χ0v) is 12.1. The second-order valence-corrected chi connectivity index (χ2v) is 6.85. The van der Waals surface area contributed by atoms with Crippen LogP contribution in [-0.2, 0) is 10.0 Å². The highest BCUT2D eigenvalue weighted by molar-refractivity contribution is 7.89. The van der Waals surface area contributed by atoms with Gasteiger partial charge in [-0.05, 0) is 12.1 Å². The van der Waals surface area contributed by atoms with Crippen LogP contribution < -0.4 is 4.90 Å². The van der Waals surface area contributed by atoms with E-state index in [0.717, 1.165) is 5.69 Å². The lowest BCUT2D eigenvalue weighted by atomic mass is 10.2. The maximum atomic E-state index is 11.9. The smallest absolute Gasteiger partial charge is 0.215 e. The summed E-state index contributed by atoms with van der Waals surface area (Å²) in [7, 11) is -3.24. The Hall–Kier alpha value is -0.980. The number of benzene rings is 1. The lowest BCUT2D eigenvalue weighted by Crippen LogP contribution is -2.49. The van der Waals surface area contributed by atoms with Gasteiger partial charge in [-0.15, -0.1) is 11.6 Å². The van der Waals surface area contributed by atoms with Crippen LogP contribution >= 0.6 is 11.6 Å². The number of para-hydroxylation sites is 2. The van der Waals surface area contributed by atoms with E-state index in [1.54, 1.807) is 12.1 Å². The second kappa shape index (κ2) is 5.98. The van der Waals surface area contributed by atoms with Gasteiger partial charge >= 0.3 is 0 Å². The molecule has 0 aromatic heterocycles. The summed E-state index contributed by atoms with van der Waals surface area (Å²) in [5, 5.41) is 9.78. The first-order valence-corrected chi connectivity index (χ1v) is 8.26. The second-order valence-electron chi connectivity index (χ2n) is 4.38. The van der Waals surface area contributed by atoms with E-state index in [1.807, 2.05) is 17.0 Å². The van der Waals surface area contributed by atoms with E-state index in [1.165, 1.54) is 4.31 Å². The number of alkyl halides is 1. The Kier molecular flexibility index (Phi) is 4.54. The predicted octanol–water partition coefficient (Wildman–Crippen LogP) is 1.08. The highest BCUT2D eigenvalue weighted by Gasteiger charge is 2.27. The standard InChI is InChI=1S/C12H17ClN2O3S/c13-5-10-19(17,18)15-8-6-14(7-9-15)11-3-1-2-4-12(11)16/h1-4,16H,5-10H2. The van der Waals surface area contributed by atoms with E-state index in [0.29, 0.717) is 26.2 Å². The number of rotatable bonds is 4. The minimum absolute atomic E-state index is 0.0227. The molecule has 1 aromatic rings. The van der Waals surface area contributed by atoms with E-state index in [4.69, 9.17) is 11.6 Å². The van der Waals surface area contributed by atoms with Gasteiger partial charge in [0.2, 0.25) is 10.0 Å². The van der Waals surface area contributed by atoms with E-state index in [9.17, 15) is 13.5 Å². The van der Waals surface area contributed by atoms with Gasteiger partial charge in [0.15, 0.2) is 0 Å². The predicted molar refractivity (Wildman–Crippen MR) is 76.4 cm³/mol. The van der Waals surface area contributed by atoms with Gasteiger partial charge in [0.25, 0.3) is 0 Å². The Labute approximate surface area is 118 Å². The largest absolute Gasteiger partial charge is 0.506 e. The van der Waals surface area contributed by atoms with Crippen LogP contribution in [0.2, 0.25) is 0 Å². The summed E-state index contributed by atoms with van der Waals surface area (Å²) in [6.07, 6.45) is 0. The number of hydrogen-bond acceptors (Lipinski definition) is 4. The molecule has 5 nitrogen and oxygen atoms in total. The summed E-state index contributed by atoms with van der Waals surface area (Å²) in [5.41, 5.74) is 0.747. The molecule has 0 spiro atoms. The molecular weight excluding hydrogens is 288 g/mol. The maximum absolute atomic E-state index is 11.9. The van der Waals surface area contributed by atoms with E-state index in [2.05, 4.69) is 0 Å². The normalized spacial score (nSPS) is 17.6. The third-order valence-electron chi connectivity index (χ3n) is 3.19. The third kappa shape index (κ3) is 3.32. The van der Waals surface area contributed by atoms with Gasteiger partial charge in [-0.2, -0.15) is 4.31 Å². The number of nitrogens with zero attached hydrogens (tertiary/aromatic N) is 2. The molecule has 1 heterocycles. The molecule has 1 aliphatic heterocycles. The number of phenolic OH excluding ortho intramolecular Hbond substituents is 1. The van der Waals surface area contributed by atoms with Crippen LogP contribution in [0.3, 0.4) is 0 Å². The Bertz CT molecular complexity index is 528. The van der Waals surface area contributed by atoms with Gasteiger partial charge in [-0.25, -0.2) is 8.42 Å². The number of piperazine rings is 1. The molecule has 0 bridgehead atoms. The fraction of sp³-hybridized carbons (Fsp3) is 0.500. The molecule has 1 aliphatic rings. The Morgan fingerprint density at radius 3 is 2.37 bits per heavy atom. The molecule has 106 valence electrons. The summed E-state index contributed by atoms with van der Waals surface area (Å²) >= 11 is 5.50. The summed E-state index contributed by atoms with van der Waals surface area (Å²) in [5.74, 6) is 0.312. The minimum Gasteiger partial charge on any atom is -0.506 e. The first-order valence-electron chi connectivity index (χ1n) is 6.11. The van der Waals surface area contributed by atoms with Crippen molar-refractivity contribution in [3.63, 3.8) is 0 Å². The molecule has 0 radical (unpaired) electrons. The van der Waals surface area contributed by atoms with Crippen molar-refractivity contribution < 1.29 is 13.5 Å². The average Bonchev–Trinajstić information content (AvgIpc) is 2.39. The van der Waals surface area contributed by atoms with Gasteiger partial charge in [-0.3, -0.25) is 0 Å². The van der Waals surface area contributed by atoms with Gasteiger partial charge < -0.3 is 10.0 Å². The molecule has 0 amide bonds. The molecule has 0 unspecified atom stereocenters.